The van der Waals surface area contributed by atoms with Crippen molar-refractivity contribution in [1.29, 1.82) is 0 Å². The van der Waals surface area contributed by atoms with Crippen molar-refractivity contribution in [2.24, 2.45) is 0 Å². The van der Waals surface area contributed by atoms with Crippen molar-refractivity contribution in [3.63, 3.8) is 0 Å². The Balaban J connectivity index is 1.56. The van der Waals surface area contributed by atoms with Crippen LogP contribution in [0.1, 0.15) is 13.3 Å². The average Bonchev–Trinajstić information content (AvgIpc) is 3.17. The number of carbonyl (C=O) groups is 2. The lowest BCUT2D eigenvalue weighted by atomic mass is 10.1. The quantitative estimate of drug-likeness (QED) is 0.549. The van der Waals surface area contributed by atoms with Crippen LogP contribution in [-0.2, 0) is 19.6 Å². The maximum Gasteiger partial charge on any atom is 0.243 e. The Bertz CT molecular complexity index is 1270. The molecule has 1 heterocycles. The number of anilines is 2. The topological polar surface area (TPSA) is 116 Å². The zero-order valence-corrected chi connectivity index (χ0v) is 18.2. The average molecular weight is 454 g/mol. The second kappa shape index (κ2) is 8.70. The van der Waals surface area contributed by atoms with E-state index in [-0.39, 0.29) is 23.8 Å². The van der Waals surface area contributed by atoms with Gasteiger partial charge in [-0.3, -0.25) is 9.59 Å². The van der Waals surface area contributed by atoms with E-state index in [9.17, 15) is 23.1 Å². The molecule has 0 spiro atoms. The van der Waals surface area contributed by atoms with Crippen molar-refractivity contribution in [2.45, 2.75) is 30.4 Å². The van der Waals surface area contributed by atoms with Gasteiger partial charge in [0.1, 0.15) is 6.04 Å². The summed E-state index contributed by atoms with van der Waals surface area (Å²) in [6, 6.07) is 17.6. The molecule has 2 amide bonds. The van der Waals surface area contributed by atoms with Crippen LogP contribution < -0.4 is 10.6 Å². The zero-order chi connectivity index (χ0) is 22.9. The molecular formula is C23H23N3O5S. The summed E-state index contributed by atoms with van der Waals surface area (Å²) in [6.07, 6.45) is -0.939. The van der Waals surface area contributed by atoms with Crippen LogP contribution >= 0.6 is 0 Å². The lowest BCUT2D eigenvalue weighted by molar-refractivity contribution is -0.119. The number of rotatable bonds is 5. The number of hydrogen-bond acceptors (Lipinski definition) is 5. The Morgan fingerprint density at radius 1 is 0.938 bits per heavy atom. The fourth-order valence-electron chi connectivity index (χ4n) is 3.82. The van der Waals surface area contributed by atoms with E-state index >= 15 is 0 Å². The molecule has 0 aromatic heterocycles. The molecule has 1 fully saturated rings. The predicted octanol–water partition coefficient (Wildman–Crippen LogP) is 2.56. The second-order valence-electron chi connectivity index (χ2n) is 7.74. The Labute approximate surface area is 185 Å². The molecule has 32 heavy (non-hydrogen) atoms. The molecule has 0 aliphatic carbocycles. The fraction of sp³-hybridized carbons (Fsp3) is 0.217. The molecule has 166 valence electrons. The highest BCUT2D eigenvalue weighted by atomic mass is 32.2. The Morgan fingerprint density at radius 3 is 2.22 bits per heavy atom. The van der Waals surface area contributed by atoms with Crippen LogP contribution in [0.3, 0.4) is 0 Å². The van der Waals surface area contributed by atoms with Gasteiger partial charge in [0.05, 0.1) is 11.0 Å². The summed E-state index contributed by atoms with van der Waals surface area (Å²) in [5, 5.41) is 17.2. The summed E-state index contributed by atoms with van der Waals surface area (Å²) in [7, 11) is -4.00. The molecule has 8 nitrogen and oxygen atoms in total. The van der Waals surface area contributed by atoms with Crippen LogP contribution in [0.5, 0.6) is 0 Å². The molecule has 0 radical (unpaired) electrons. The molecule has 0 bridgehead atoms. The SMILES string of the molecule is CC(=O)Nc1ccc(NC(=O)[C@H]2C[C@H](O)CN2S(=O)(=O)c2ccc3ccccc3c2)cc1. The monoisotopic (exact) mass is 453 g/mol. The van der Waals surface area contributed by atoms with Crippen LogP contribution in [0.25, 0.3) is 10.8 Å². The van der Waals surface area contributed by atoms with Crippen LogP contribution in [0, 0.1) is 0 Å². The van der Waals surface area contributed by atoms with Gasteiger partial charge in [0.15, 0.2) is 0 Å². The first-order chi connectivity index (χ1) is 15.2. The van der Waals surface area contributed by atoms with E-state index in [0.717, 1.165) is 15.1 Å². The number of fused-ring (bicyclic) bond motifs is 1. The number of nitrogens with one attached hydrogen (secondary N) is 2. The third kappa shape index (κ3) is 4.50. The third-order valence-electron chi connectivity index (χ3n) is 5.34. The third-order valence-corrected chi connectivity index (χ3v) is 7.21. The highest BCUT2D eigenvalue weighted by molar-refractivity contribution is 7.89. The van der Waals surface area contributed by atoms with E-state index < -0.39 is 28.1 Å². The molecule has 9 heteroatoms. The summed E-state index contributed by atoms with van der Waals surface area (Å²) in [5.74, 6) is -0.741. The number of sulfonamides is 1. The van der Waals surface area contributed by atoms with Gasteiger partial charge in [-0.25, -0.2) is 8.42 Å². The number of carbonyl (C=O) groups excluding carboxylic acids is 2. The van der Waals surface area contributed by atoms with Crippen LogP contribution in [0.2, 0.25) is 0 Å². The minimum absolute atomic E-state index is 0.00260. The molecular weight excluding hydrogens is 430 g/mol. The van der Waals surface area contributed by atoms with E-state index in [1.165, 1.54) is 13.0 Å². The van der Waals surface area contributed by atoms with Crippen molar-refractivity contribution in [3.05, 3.63) is 66.7 Å². The molecule has 1 saturated heterocycles. The lowest BCUT2D eigenvalue weighted by Gasteiger charge is -2.23. The van der Waals surface area contributed by atoms with E-state index in [2.05, 4.69) is 10.6 Å². The largest absolute Gasteiger partial charge is 0.392 e. The molecule has 0 unspecified atom stereocenters. The first-order valence-corrected chi connectivity index (χ1v) is 11.6. The molecule has 4 rings (SSSR count). The number of amides is 2. The minimum atomic E-state index is -4.00. The molecule has 1 aliphatic heterocycles. The molecule has 3 N–H and O–H groups in total. The first kappa shape index (κ1) is 21.9. The van der Waals surface area contributed by atoms with Crippen molar-refractivity contribution < 1.29 is 23.1 Å². The van der Waals surface area contributed by atoms with Crippen molar-refractivity contribution in [2.75, 3.05) is 17.2 Å². The summed E-state index contributed by atoms with van der Waals surface area (Å²) >= 11 is 0. The number of aliphatic hydroxyl groups is 1. The zero-order valence-electron chi connectivity index (χ0n) is 17.4. The molecule has 0 saturated carbocycles. The van der Waals surface area contributed by atoms with Gasteiger partial charge in [0.2, 0.25) is 21.8 Å². The standard InChI is InChI=1S/C23H23N3O5S/c1-15(27)24-18-7-9-19(10-8-18)25-23(29)22-13-20(28)14-26(22)32(30,31)21-11-6-16-4-2-3-5-17(16)12-21/h2-12,20,22,28H,13-14H2,1H3,(H,24,27)(H,25,29)/t20-,22+/m0/s1. The lowest BCUT2D eigenvalue weighted by Crippen LogP contribution is -2.43. The normalized spacial score (nSPS) is 19.1. The second-order valence-corrected chi connectivity index (χ2v) is 9.63. The number of benzene rings is 3. The number of hydrogen-bond donors (Lipinski definition) is 3. The highest BCUT2D eigenvalue weighted by Gasteiger charge is 2.43. The van der Waals surface area contributed by atoms with E-state index in [4.69, 9.17) is 0 Å². The number of β-amino-alcohol motifs (C(OH)–C–C–N with tert-alkyl or cyclic N) is 1. The van der Waals surface area contributed by atoms with Gasteiger partial charge < -0.3 is 15.7 Å². The summed E-state index contributed by atoms with van der Waals surface area (Å²) < 4.78 is 27.7. The van der Waals surface area contributed by atoms with Crippen molar-refractivity contribution in [1.82, 2.24) is 4.31 Å². The maximum absolute atomic E-state index is 13.3. The van der Waals surface area contributed by atoms with Gasteiger partial charge in [-0.2, -0.15) is 4.31 Å². The van der Waals surface area contributed by atoms with Gasteiger partial charge in [-0.15, -0.1) is 0 Å². The van der Waals surface area contributed by atoms with Crippen LogP contribution in [0.4, 0.5) is 11.4 Å². The van der Waals surface area contributed by atoms with Crippen LogP contribution in [0.15, 0.2) is 71.6 Å². The summed E-state index contributed by atoms with van der Waals surface area (Å²) in [5.41, 5.74) is 1.03. The van der Waals surface area contributed by atoms with Crippen LogP contribution in [-0.4, -0.2) is 48.3 Å². The first-order valence-electron chi connectivity index (χ1n) is 10.1. The Kier molecular flexibility index (Phi) is 5.96. The van der Waals surface area contributed by atoms with Gasteiger partial charge >= 0.3 is 0 Å². The van der Waals surface area contributed by atoms with Crippen molar-refractivity contribution in [3.8, 4) is 0 Å². The maximum atomic E-state index is 13.3. The Hall–Kier alpha value is -3.27. The molecule has 1 aliphatic rings. The highest BCUT2D eigenvalue weighted by Crippen LogP contribution is 2.29. The van der Waals surface area contributed by atoms with Crippen molar-refractivity contribution >= 4 is 44.0 Å². The van der Waals surface area contributed by atoms with Gasteiger partial charge in [0.25, 0.3) is 0 Å². The Morgan fingerprint density at radius 2 is 1.56 bits per heavy atom. The van der Waals surface area contributed by atoms with E-state index in [1.807, 2.05) is 24.3 Å². The van der Waals surface area contributed by atoms with Gasteiger partial charge in [-0.1, -0.05) is 30.3 Å². The van der Waals surface area contributed by atoms with E-state index in [0.29, 0.717) is 11.4 Å². The van der Waals surface area contributed by atoms with Gasteiger partial charge in [-0.05, 0) is 47.2 Å². The fourth-order valence-corrected chi connectivity index (χ4v) is 5.49. The molecule has 3 aromatic rings. The summed E-state index contributed by atoms with van der Waals surface area (Å²) in [6.45, 7) is 1.24. The minimum Gasteiger partial charge on any atom is -0.392 e. The predicted molar refractivity (Wildman–Crippen MR) is 122 cm³/mol. The van der Waals surface area contributed by atoms with E-state index in [1.54, 1.807) is 36.4 Å². The van der Waals surface area contributed by atoms with Gasteiger partial charge in [0, 0.05) is 31.3 Å². The molecule has 3 aromatic carbocycles. The number of nitrogens with zero attached hydrogens (tertiary/aromatic N) is 1. The summed E-state index contributed by atoms with van der Waals surface area (Å²) in [4.78, 5) is 24.1. The smallest absolute Gasteiger partial charge is 0.243 e. The number of aliphatic hydroxyl groups excluding tert-OH is 1. The molecule has 2 atom stereocenters.